The maximum atomic E-state index is 10.5. The molecule has 0 saturated heterocycles. The third-order valence-electron chi connectivity index (χ3n) is 2.33. The standard InChI is InChI=1S/C11H23O4P/c12-10-8-6-4-2-1-3-5-7-9-11-16(13,14)15/h9,11-12H,1-8,10H2,(H2,13,14,15)/b11-9+. The highest BCUT2D eigenvalue weighted by atomic mass is 31.2. The van der Waals surface area contributed by atoms with Crippen molar-refractivity contribution < 1.29 is 19.5 Å². The van der Waals surface area contributed by atoms with Crippen LogP contribution in [0.15, 0.2) is 11.9 Å². The van der Waals surface area contributed by atoms with Crippen LogP contribution >= 0.6 is 7.60 Å². The Hall–Kier alpha value is -0.150. The fraction of sp³-hybridized carbons (Fsp3) is 0.818. The highest BCUT2D eigenvalue weighted by Crippen LogP contribution is 2.36. The van der Waals surface area contributed by atoms with Crippen molar-refractivity contribution in [1.29, 1.82) is 0 Å². The number of aliphatic hydroxyl groups excluding tert-OH is 1. The predicted molar refractivity (Wildman–Crippen MR) is 65.2 cm³/mol. The van der Waals surface area contributed by atoms with Gasteiger partial charge in [0.15, 0.2) is 0 Å². The van der Waals surface area contributed by atoms with E-state index in [0.29, 0.717) is 0 Å². The summed E-state index contributed by atoms with van der Waals surface area (Å²) in [6.07, 6.45) is 9.88. The van der Waals surface area contributed by atoms with Crippen molar-refractivity contribution in [2.75, 3.05) is 6.61 Å². The summed E-state index contributed by atoms with van der Waals surface area (Å²) in [4.78, 5) is 17.1. The third kappa shape index (κ3) is 13.8. The normalized spacial score (nSPS) is 12.4. The lowest BCUT2D eigenvalue weighted by Crippen LogP contribution is -1.83. The van der Waals surface area contributed by atoms with E-state index >= 15 is 0 Å². The first-order valence-corrected chi connectivity index (χ1v) is 7.58. The van der Waals surface area contributed by atoms with Crippen LogP contribution in [0.1, 0.15) is 51.4 Å². The van der Waals surface area contributed by atoms with Crippen LogP contribution in [0.2, 0.25) is 0 Å². The molecule has 0 aromatic carbocycles. The predicted octanol–water partition coefficient (Wildman–Crippen LogP) is 2.79. The number of hydrogen-bond donors (Lipinski definition) is 3. The van der Waals surface area contributed by atoms with Gasteiger partial charge < -0.3 is 14.9 Å². The Labute approximate surface area is 97.5 Å². The summed E-state index contributed by atoms with van der Waals surface area (Å²) in [7, 11) is -3.94. The van der Waals surface area contributed by atoms with Gasteiger partial charge >= 0.3 is 7.60 Å². The summed E-state index contributed by atoms with van der Waals surface area (Å²) in [5.74, 6) is 0.980. The second-order valence-corrected chi connectivity index (χ2v) is 5.44. The molecular formula is C11H23O4P. The highest BCUT2D eigenvalue weighted by Gasteiger charge is 2.03. The Balaban J connectivity index is 3.16. The van der Waals surface area contributed by atoms with E-state index < -0.39 is 7.60 Å². The van der Waals surface area contributed by atoms with Crippen LogP contribution in [-0.2, 0) is 4.57 Å². The molecule has 0 aliphatic heterocycles. The molecule has 0 radical (unpaired) electrons. The van der Waals surface area contributed by atoms with E-state index in [9.17, 15) is 4.57 Å². The molecule has 0 saturated carbocycles. The minimum Gasteiger partial charge on any atom is -0.396 e. The Morgan fingerprint density at radius 2 is 1.38 bits per heavy atom. The van der Waals surface area contributed by atoms with Crippen molar-refractivity contribution in [1.82, 2.24) is 0 Å². The molecule has 0 unspecified atom stereocenters. The molecule has 0 fully saturated rings. The molecule has 16 heavy (non-hydrogen) atoms. The second kappa shape index (κ2) is 10.0. The zero-order valence-electron chi connectivity index (χ0n) is 9.72. The molecule has 5 heteroatoms. The van der Waals surface area contributed by atoms with Gasteiger partial charge in [-0.3, -0.25) is 4.57 Å². The molecular weight excluding hydrogens is 227 g/mol. The second-order valence-electron chi connectivity index (χ2n) is 3.96. The Bertz CT molecular complexity index is 222. The Morgan fingerprint density at radius 1 is 0.875 bits per heavy atom. The van der Waals surface area contributed by atoms with Crippen molar-refractivity contribution in [2.45, 2.75) is 51.4 Å². The van der Waals surface area contributed by atoms with Gasteiger partial charge in [0.2, 0.25) is 0 Å². The van der Waals surface area contributed by atoms with Crippen molar-refractivity contribution in [3.8, 4) is 0 Å². The van der Waals surface area contributed by atoms with Gasteiger partial charge in [-0.15, -0.1) is 0 Å². The molecule has 4 nitrogen and oxygen atoms in total. The fourth-order valence-electron chi connectivity index (χ4n) is 1.47. The average Bonchev–Trinajstić information content (AvgIpc) is 2.19. The van der Waals surface area contributed by atoms with E-state index in [1.165, 1.54) is 12.8 Å². The lowest BCUT2D eigenvalue weighted by atomic mass is 10.1. The molecule has 0 aliphatic carbocycles. The van der Waals surface area contributed by atoms with Gasteiger partial charge in [0, 0.05) is 12.4 Å². The van der Waals surface area contributed by atoms with Crippen molar-refractivity contribution >= 4 is 7.60 Å². The molecule has 96 valence electrons. The number of unbranched alkanes of at least 4 members (excludes halogenated alkanes) is 7. The van der Waals surface area contributed by atoms with Gasteiger partial charge in [0.05, 0.1) is 0 Å². The minimum atomic E-state index is -3.94. The summed E-state index contributed by atoms with van der Waals surface area (Å²) < 4.78 is 10.5. The van der Waals surface area contributed by atoms with Crippen LogP contribution in [-0.4, -0.2) is 21.5 Å². The van der Waals surface area contributed by atoms with Crippen LogP contribution in [0.3, 0.4) is 0 Å². The van der Waals surface area contributed by atoms with Gasteiger partial charge in [-0.2, -0.15) is 0 Å². The molecule has 0 aliphatic rings. The van der Waals surface area contributed by atoms with Gasteiger partial charge in [-0.25, -0.2) is 0 Å². The van der Waals surface area contributed by atoms with E-state index in [2.05, 4.69) is 0 Å². The summed E-state index contributed by atoms with van der Waals surface area (Å²) >= 11 is 0. The summed E-state index contributed by atoms with van der Waals surface area (Å²) in [5, 5.41) is 8.56. The van der Waals surface area contributed by atoms with Crippen LogP contribution in [0.4, 0.5) is 0 Å². The van der Waals surface area contributed by atoms with E-state index in [1.807, 2.05) is 0 Å². The topological polar surface area (TPSA) is 77.8 Å². The fourth-order valence-corrected chi connectivity index (χ4v) is 1.89. The molecule has 0 aromatic rings. The quantitative estimate of drug-likeness (QED) is 0.411. The first kappa shape index (κ1) is 15.9. The summed E-state index contributed by atoms with van der Waals surface area (Å²) in [6, 6.07) is 0. The first-order chi connectivity index (χ1) is 7.56. The lowest BCUT2D eigenvalue weighted by Gasteiger charge is -1.99. The van der Waals surface area contributed by atoms with Crippen LogP contribution in [0.25, 0.3) is 0 Å². The maximum Gasteiger partial charge on any atom is 0.348 e. The minimum absolute atomic E-state index is 0.285. The van der Waals surface area contributed by atoms with E-state index in [1.54, 1.807) is 6.08 Å². The summed E-state index contributed by atoms with van der Waals surface area (Å²) in [5.41, 5.74) is 0. The van der Waals surface area contributed by atoms with Crippen LogP contribution < -0.4 is 0 Å². The number of allylic oxidation sites excluding steroid dienone is 1. The number of rotatable bonds is 10. The maximum absolute atomic E-state index is 10.5. The molecule has 0 atom stereocenters. The van der Waals surface area contributed by atoms with Crippen LogP contribution in [0.5, 0.6) is 0 Å². The Morgan fingerprint density at radius 3 is 1.88 bits per heavy atom. The van der Waals surface area contributed by atoms with Gasteiger partial charge in [0.25, 0.3) is 0 Å². The molecule has 0 rings (SSSR count). The van der Waals surface area contributed by atoms with E-state index in [-0.39, 0.29) is 6.61 Å². The van der Waals surface area contributed by atoms with E-state index in [0.717, 1.165) is 44.3 Å². The largest absolute Gasteiger partial charge is 0.396 e. The molecule has 0 aromatic heterocycles. The lowest BCUT2D eigenvalue weighted by molar-refractivity contribution is 0.282. The van der Waals surface area contributed by atoms with Gasteiger partial charge in [-0.05, 0) is 19.3 Å². The summed E-state index contributed by atoms with van der Waals surface area (Å²) in [6.45, 7) is 0.285. The van der Waals surface area contributed by atoms with Crippen molar-refractivity contribution in [3.63, 3.8) is 0 Å². The van der Waals surface area contributed by atoms with Gasteiger partial charge in [-0.1, -0.05) is 38.2 Å². The smallest absolute Gasteiger partial charge is 0.348 e. The van der Waals surface area contributed by atoms with Crippen molar-refractivity contribution in [2.24, 2.45) is 0 Å². The SMILES string of the molecule is O=P(O)(O)/C=C/CCCCCCCCCO. The van der Waals surface area contributed by atoms with Gasteiger partial charge in [0.1, 0.15) is 0 Å². The zero-order chi connectivity index (χ0) is 12.3. The van der Waals surface area contributed by atoms with E-state index in [4.69, 9.17) is 14.9 Å². The molecule has 0 amide bonds. The molecule has 0 spiro atoms. The Kier molecular flexibility index (Phi) is 9.94. The van der Waals surface area contributed by atoms with Crippen molar-refractivity contribution in [3.05, 3.63) is 11.9 Å². The zero-order valence-corrected chi connectivity index (χ0v) is 10.6. The third-order valence-corrected chi connectivity index (χ3v) is 2.93. The monoisotopic (exact) mass is 250 g/mol. The first-order valence-electron chi connectivity index (χ1n) is 5.90. The molecule has 0 heterocycles. The average molecular weight is 250 g/mol. The molecule has 3 N–H and O–H groups in total. The van der Waals surface area contributed by atoms with Crippen LogP contribution in [0, 0.1) is 0 Å². The molecule has 0 bridgehead atoms. The number of aliphatic hydroxyl groups is 1. The number of hydrogen-bond acceptors (Lipinski definition) is 2. The highest BCUT2D eigenvalue weighted by molar-refractivity contribution is 7.55.